The first-order chi connectivity index (χ1) is 9.82. The summed E-state index contributed by atoms with van der Waals surface area (Å²) in [6.07, 6.45) is -6.36. The number of carbonyl (C=O) groups is 1. The van der Waals surface area contributed by atoms with Gasteiger partial charge in [0.1, 0.15) is 6.61 Å². The molecule has 1 aromatic rings. The molecule has 0 aliphatic carbocycles. The summed E-state index contributed by atoms with van der Waals surface area (Å²) >= 11 is 0. The maximum absolute atomic E-state index is 13.1. The molecule has 12 heteroatoms. The molecule has 0 saturated carbocycles. The zero-order chi connectivity index (χ0) is 17.5. The number of halogens is 10. The van der Waals surface area contributed by atoms with Crippen molar-refractivity contribution in [1.82, 2.24) is 0 Å². The fourth-order valence-electron chi connectivity index (χ4n) is 1.12. The fourth-order valence-corrected chi connectivity index (χ4v) is 1.12. The molecule has 1 aromatic carbocycles. The van der Waals surface area contributed by atoms with E-state index >= 15 is 0 Å². The van der Waals surface area contributed by atoms with Gasteiger partial charge in [-0.3, -0.25) is 0 Å². The molecule has 0 N–H and O–H groups in total. The lowest BCUT2D eigenvalue weighted by molar-refractivity contribution is -0.281. The van der Waals surface area contributed by atoms with Crippen molar-refractivity contribution in [3.63, 3.8) is 0 Å². The molecule has 0 radical (unpaired) electrons. The number of carbonyl (C=O) groups excluding carboxylic acids is 1. The van der Waals surface area contributed by atoms with Crippen molar-refractivity contribution in [2.45, 2.75) is 18.7 Å². The first-order valence-corrected chi connectivity index (χ1v) is 4.94. The van der Waals surface area contributed by atoms with Crippen LogP contribution in [0.15, 0.2) is 0 Å². The van der Waals surface area contributed by atoms with Crippen molar-refractivity contribution in [3.05, 3.63) is 34.6 Å². The Kier molecular flexibility index (Phi) is 4.63. The quantitative estimate of drug-likeness (QED) is 0.362. The van der Waals surface area contributed by atoms with E-state index in [0.29, 0.717) is 0 Å². The minimum Gasteiger partial charge on any atom is -0.456 e. The highest BCUT2D eigenvalue weighted by molar-refractivity contribution is 5.78. The molecule has 0 unspecified atom stereocenters. The lowest BCUT2D eigenvalue weighted by Gasteiger charge is -2.18. The summed E-state index contributed by atoms with van der Waals surface area (Å²) in [6, 6.07) is 0. The molecule has 0 saturated heterocycles. The normalized spacial score (nSPS) is 12.5. The SMILES string of the molecule is O=C(OCc1c(F)c(F)c(F)c(F)c1F)C(F)(F)C(F)(F)F. The van der Waals surface area contributed by atoms with Crippen LogP contribution in [0.2, 0.25) is 0 Å². The third kappa shape index (κ3) is 2.95. The zero-order valence-corrected chi connectivity index (χ0v) is 9.80. The van der Waals surface area contributed by atoms with Gasteiger partial charge in [-0.15, -0.1) is 0 Å². The Morgan fingerprint density at radius 3 is 1.50 bits per heavy atom. The van der Waals surface area contributed by atoms with Crippen molar-refractivity contribution in [1.29, 1.82) is 0 Å². The number of esters is 1. The number of hydrogen-bond donors (Lipinski definition) is 0. The van der Waals surface area contributed by atoms with Crippen LogP contribution in [-0.2, 0) is 16.1 Å². The van der Waals surface area contributed by atoms with Crippen LogP contribution in [0.3, 0.4) is 0 Å². The molecule has 0 heterocycles. The molecular weight excluding hydrogens is 342 g/mol. The number of hydrogen-bond acceptors (Lipinski definition) is 2. The Morgan fingerprint density at radius 1 is 0.773 bits per heavy atom. The standard InChI is InChI=1S/C10H2F10O2/c11-3-2(4(12)6(14)7(15)5(3)13)1-22-8(21)9(16,17)10(18,19)20/h1H2. The van der Waals surface area contributed by atoms with Crippen LogP contribution in [-0.4, -0.2) is 18.1 Å². The Balaban J connectivity index is 3.07. The molecule has 124 valence electrons. The summed E-state index contributed by atoms with van der Waals surface area (Å²) in [5, 5.41) is 0. The zero-order valence-electron chi connectivity index (χ0n) is 9.80. The average molecular weight is 344 g/mol. The summed E-state index contributed by atoms with van der Waals surface area (Å²) < 4.78 is 128. The van der Waals surface area contributed by atoms with Crippen molar-refractivity contribution in [3.8, 4) is 0 Å². The lowest BCUT2D eigenvalue weighted by atomic mass is 10.2. The summed E-state index contributed by atoms with van der Waals surface area (Å²) in [5.74, 6) is -21.9. The van der Waals surface area contributed by atoms with Gasteiger partial charge in [0.05, 0.1) is 5.56 Å². The number of rotatable bonds is 3. The van der Waals surface area contributed by atoms with Crippen LogP contribution in [0.5, 0.6) is 0 Å². The average Bonchev–Trinajstić information content (AvgIpc) is 2.41. The summed E-state index contributed by atoms with van der Waals surface area (Å²) in [7, 11) is 0. The molecule has 0 bridgehead atoms. The van der Waals surface area contributed by atoms with E-state index in [9.17, 15) is 48.7 Å². The van der Waals surface area contributed by atoms with Gasteiger partial charge in [-0.05, 0) is 0 Å². The van der Waals surface area contributed by atoms with Crippen molar-refractivity contribution in [2.75, 3.05) is 0 Å². The third-order valence-corrected chi connectivity index (χ3v) is 2.26. The maximum atomic E-state index is 13.1. The number of benzene rings is 1. The van der Waals surface area contributed by atoms with Crippen LogP contribution < -0.4 is 0 Å². The summed E-state index contributed by atoms with van der Waals surface area (Å²) in [5.41, 5.74) is -1.87. The highest BCUT2D eigenvalue weighted by atomic mass is 19.4. The number of alkyl halides is 5. The second kappa shape index (κ2) is 5.65. The van der Waals surface area contributed by atoms with Crippen molar-refractivity contribution in [2.24, 2.45) is 0 Å². The van der Waals surface area contributed by atoms with Crippen LogP contribution in [0.25, 0.3) is 0 Å². The van der Waals surface area contributed by atoms with E-state index in [2.05, 4.69) is 4.74 Å². The predicted molar refractivity (Wildman–Crippen MR) is 47.0 cm³/mol. The highest BCUT2D eigenvalue weighted by Gasteiger charge is 2.65. The molecule has 0 atom stereocenters. The summed E-state index contributed by atoms with van der Waals surface area (Å²) in [6.45, 7) is -2.02. The minimum absolute atomic E-state index is 1.87. The van der Waals surface area contributed by atoms with Gasteiger partial charge in [-0.2, -0.15) is 22.0 Å². The molecule has 0 spiro atoms. The number of ether oxygens (including phenoxy) is 1. The van der Waals surface area contributed by atoms with Gasteiger partial charge in [0.2, 0.25) is 5.82 Å². The van der Waals surface area contributed by atoms with E-state index in [1.165, 1.54) is 0 Å². The highest BCUT2D eigenvalue weighted by Crippen LogP contribution is 2.36. The first-order valence-electron chi connectivity index (χ1n) is 4.94. The molecule has 0 amide bonds. The third-order valence-electron chi connectivity index (χ3n) is 2.26. The van der Waals surface area contributed by atoms with E-state index in [0.717, 1.165) is 0 Å². The van der Waals surface area contributed by atoms with Gasteiger partial charge in [-0.25, -0.2) is 26.7 Å². The van der Waals surface area contributed by atoms with E-state index in [4.69, 9.17) is 0 Å². The van der Waals surface area contributed by atoms with Crippen LogP contribution in [0.4, 0.5) is 43.9 Å². The summed E-state index contributed by atoms with van der Waals surface area (Å²) in [4.78, 5) is 10.5. The van der Waals surface area contributed by atoms with Gasteiger partial charge in [0.15, 0.2) is 23.3 Å². The molecule has 0 aromatic heterocycles. The van der Waals surface area contributed by atoms with Gasteiger partial charge in [-0.1, -0.05) is 0 Å². The van der Waals surface area contributed by atoms with E-state index in [-0.39, 0.29) is 0 Å². The monoisotopic (exact) mass is 344 g/mol. The van der Waals surface area contributed by atoms with Gasteiger partial charge in [0, 0.05) is 0 Å². The first kappa shape index (κ1) is 18.0. The Bertz CT molecular complexity index is 578. The topological polar surface area (TPSA) is 26.3 Å². The van der Waals surface area contributed by atoms with Gasteiger partial charge in [0.25, 0.3) is 0 Å². The molecule has 0 fully saturated rings. The largest absolute Gasteiger partial charge is 0.465 e. The minimum atomic E-state index is -6.36. The Labute approximate surface area is 114 Å². The maximum Gasteiger partial charge on any atom is 0.465 e. The second-order valence-electron chi connectivity index (χ2n) is 3.70. The second-order valence-corrected chi connectivity index (χ2v) is 3.70. The lowest BCUT2D eigenvalue weighted by Crippen LogP contribution is -2.45. The molecule has 0 aliphatic rings. The Hall–Kier alpha value is -2.01. The molecular formula is C10H2F10O2. The fraction of sp³-hybridized carbons (Fsp3) is 0.300. The molecule has 1 rings (SSSR count). The van der Waals surface area contributed by atoms with Crippen molar-refractivity contribution < 1.29 is 53.4 Å². The smallest absolute Gasteiger partial charge is 0.456 e. The van der Waals surface area contributed by atoms with E-state index in [1.54, 1.807) is 0 Å². The Morgan fingerprint density at radius 2 is 1.14 bits per heavy atom. The van der Waals surface area contributed by atoms with Crippen molar-refractivity contribution >= 4 is 5.97 Å². The van der Waals surface area contributed by atoms with Gasteiger partial charge < -0.3 is 4.74 Å². The molecule has 2 nitrogen and oxygen atoms in total. The van der Waals surface area contributed by atoms with Crippen LogP contribution in [0, 0.1) is 29.1 Å². The molecule has 22 heavy (non-hydrogen) atoms. The molecule has 0 aliphatic heterocycles. The van der Waals surface area contributed by atoms with Crippen LogP contribution >= 0.6 is 0 Å². The van der Waals surface area contributed by atoms with E-state index in [1.807, 2.05) is 0 Å². The van der Waals surface area contributed by atoms with E-state index < -0.39 is 59.3 Å². The van der Waals surface area contributed by atoms with Crippen LogP contribution in [0.1, 0.15) is 5.56 Å². The predicted octanol–water partition coefficient (Wildman–Crippen LogP) is 3.62. The van der Waals surface area contributed by atoms with Gasteiger partial charge >= 0.3 is 18.1 Å².